The minimum atomic E-state index is 0.655. The highest BCUT2D eigenvalue weighted by Crippen LogP contribution is 2.39. The van der Waals surface area contributed by atoms with Crippen molar-refractivity contribution in [2.45, 2.75) is 24.2 Å². The van der Waals surface area contributed by atoms with Crippen LogP contribution < -0.4 is 0 Å². The molecule has 1 saturated heterocycles. The molecule has 2 atom stereocenters. The van der Waals surface area contributed by atoms with E-state index in [1.807, 2.05) is 0 Å². The van der Waals surface area contributed by atoms with Gasteiger partial charge in [0.15, 0.2) is 0 Å². The van der Waals surface area contributed by atoms with Crippen LogP contribution in [0.3, 0.4) is 0 Å². The summed E-state index contributed by atoms with van der Waals surface area (Å²) in [5.41, 5.74) is 0. The fourth-order valence-corrected chi connectivity index (χ4v) is 2.24. The SMILES string of the molecule is C1COC2CC2SC1. The quantitative estimate of drug-likeness (QED) is 0.488. The van der Waals surface area contributed by atoms with E-state index >= 15 is 0 Å². The van der Waals surface area contributed by atoms with Crippen molar-refractivity contribution >= 4 is 11.8 Å². The van der Waals surface area contributed by atoms with E-state index in [4.69, 9.17) is 4.74 Å². The molecule has 1 heterocycles. The molecule has 0 aromatic heterocycles. The van der Waals surface area contributed by atoms with Gasteiger partial charge in [-0.3, -0.25) is 0 Å². The Hall–Kier alpha value is 0.310. The summed E-state index contributed by atoms with van der Waals surface area (Å²) in [6.07, 6.45) is 3.24. The van der Waals surface area contributed by atoms with Gasteiger partial charge in [0.2, 0.25) is 0 Å². The largest absolute Gasteiger partial charge is 0.377 e. The molecule has 0 spiro atoms. The van der Waals surface area contributed by atoms with E-state index in [-0.39, 0.29) is 0 Å². The van der Waals surface area contributed by atoms with Crippen LogP contribution in [0.1, 0.15) is 12.8 Å². The van der Waals surface area contributed by atoms with Gasteiger partial charge in [-0.15, -0.1) is 0 Å². The highest BCUT2D eigenvalue weighted by molar-refractivity contribution is 8.00. The van der Waals surface area contributed by atoms with Crippen molar-refractivity contribution in [3.05, 3.63) is 0 Å². The molecule has 0 N–H and O–H groups in total. The topological polar surface area (TPSA) is 9.23 Å². The lowest BCUT2D eigenvalue weighted by Gasteiger charge is -1.93. The van der Waals surface area contributed by atoms with Crippen molar-refractivity contribution in [1.82, 2.24) is 0 Å². The zero-order valence-corrected chi connectivity index (χ0v) is 5.62. The van der Waals surface area contributed by atoms with Gasteiger partial charge in [-0.1, -0.05) is 0 Å². The number of ether oxygens (including phenoxy) is 1. The van der Waals surface area contributed by atoms with Crippen LogP contribution in [0.4, 0.5) is 0 Å². The number of hydrogen-bond acceptors (Lipinski definition) is 2. The van der Waals surface area contributed by atoms with Gasteiger partial charge in [0.25, 0.3) is 0 Å². The first-order valence-electron chi connectivity index (χ1n) is 3.20. The van der Waals surface area contributed by atoms with Gasteiger partial charge in [-0.2, -0.15) is 11.8 Å². The van der Waals surface area contributed by atoms with Crippen molar-refractivity contribution < 1.29 is 4.74 Å². The minimum absolute atomic E-state index is 0.655. The minimum Gasteiger partial charge on any atom is -0.377 e. The van der Waals surface area contributed by atoms with Crippen LogP contribution in [-0.4, -0.2) is 23.7 Å². The molecule has 2 aliphatic rings. The fourth-order valence-electron chi connectivity index (χ4n) is 1.03. The molecule has 46 valence electrons. The summed E-state index contributed by atoms with van der Waals surface area (Å²) in [7, 11) is 0. The number of hydrogen-bond donors (Lipinski definition) is 0. The Morgan fingerprint density at radius 2 is 2.50 bits per heavy atom. The van der Waals surface area contributed by atoms with E-state index in [2.05, 4.69) is 11.8 Å². The summed E-state index contributed by atoms with van der Waals surface area (Å²) >= 11 is 2.09. The second-order valence-electron chi connectivity index (χ2n) is 2.41. The third-order valence-corrected chi connectivity index (χ3v) is 3.08. The maximum atomic E-state index is 5.46. The Morgan fingerprint density at radius 1 is 1.50 bits per heavy atom. The number of rotatable bonds is 0. The first kappa shape index (κ1) is 5.12. The predicted octanol–water partition coefficient (Wildman–Crippen LogP) is 1.28. The van der Waals surface area contributed by atoms with Crippen molar-refractivity contribution in [2.24, 2.45) is 0 Å². The van der Waals surface area contributed by atoms with Crippen molar-refractivity contribution in [3.8, 4) is 0 Å². The molecule has 8 heavy (non-hydrogen) atoms. The molecule has 1 aliphatic carbocycles. The lowest BCUT2D eigenvalue weighted by Crippen LogP contribution is -1.95. The highest BCUT2D eigenvalue weighted by atomic mass is 32.2. The Labute approximate surface area is 53.8 Å². The average Bonchev–Trinajstić information content (AvgIpc) is 2.36. The molecule has 2 rings (SSSR count). The maximum Gasteiger partial charge on any atom is 0.0706 e. The van der Waals surface area contributed by atoms with E-state index in [1.54, 1.807) is 0 Å². The smallest absolute Gasteiger partial charge is 0.0706 e. The van der Waals surface area contributed by atoms with Gasteiger partial charge < -0.3 is 4.74 Å². The van der Waals surface area contributed by atoms with Crippen LogP contribution in [0, 0.1) is 0 Å². The molecule has 0 aromatic rings. The fraction of sp³-hybridized carbons (Fsp3) is 1.00. The van der Waals surface area contributed by atoms with E-state index in [0.717, 1.165) is 11.9 Å². The Kier molecular flexibility index (Phi) is 1.23. The predicted molar refractivity (Wildman–Crippen MR) is 35.2 cm³/mol. The second kappa shape index (κ2) is 1.92. The van der Waals surface area contributed by atoms with Crippen LogP contribution in [0.2, 0.25) is 0 Å². The average molecular weight is 130 g/mol. The van der Waals surface area contributed by atoms with Crippen LogP contribution in [0.5, 0.6) is 0 Å². The number of fused-ring (bicyclic) bond motifs is 1. The highest BCUT2D eigenvalue weighted by Gasteiger charge is 2.39. The second-order valence-corrected chi connectivity index (χ2v) is 3.75. The van der Waals surface area contributed by atoms with Crippen molar-refractivity contribution in [3.63, 3.8) is 0 Å². The molecule has 1 saturated carbocycles. The first-order chi connectivity index (χ1) is 3.97. The van der Waals surface area contributed by atoms with E-state index in [0.29, 0.717) is 6.10 Å². The van der Waals surface area contributed by atoms with Gasteiger partial charge in [-0.25, -0.2) is 0 Å². The zero-order valence-electron chi connectivity index (χ0n) is 4.80. The molecule has 0 amide bonds. The Balaban J connectivity index is 1.89. The zero-order chi connectivity index (χ0) is 5.40. The molecular formula is C6H10OS. The standard InChI is InChI=1S/C6H10OS/c1-2-7-5-4-6(5)8-3-1/h5-6H,1-4H2. The van der Waals surface area contributed by atoms with Crippen LogP contribution in [-0.2, 0) is 4.74 Å². The molecular weight excluding hydrogens is 120 g/mol. The van der Waals surface area contributed by atoms with Crippen molar-refractivity contribution in [1.29, 1.82) is 0 Å². The lowest BCUT2D eigenvalue weighted by molar-refractivity contribution is 0.124. The molecule has 2 fully saturated rings. The molecule has 1 aliphatic heterocycles. The lowest BCUT2D eigenvalue weighted by atomic mass is 10.5. The first-order valence-corrected chi connectivity index (χ1v) is 4.25. The van der Waals surface area contributed by atoms with Gasteiger partial charge >= 0.3 is 0 Å². The normalized spacial score (nSPS) is 45.0. The summed E-state index contributed by atoms with van der Waals surface area (Å²) in [5, 5.41) is 0.887. The van der Waals surface area contributed by atoms with Crippen LogP contribution >= 0.6 is 11.8 Å². The molecule has 2 unspecified atom stereocenters. The third-order valence-electron chi connectivity index (χ3n) is 1.63. The van der Waals surface area contributed by atoms with Gasteiger partial charge in [0.05, 0.1) is 6.10 Å². The molecule has 2 heteroatoms. The van der Waals surface area contributed by atoms with Crippen LogP contribution in [0.25, 0.3) is 0 Å². The van der Waals surface area contributed by atoms with E-state index in [1.165, 1.54) is 18.6 Å². The summed E-state index contributed by atoms with van der Waals surface area (Å²) < 4.78 is 5.46. The Bertz CT molecular complexity index is 84.5. The molecule has 1 nitrogen and oxygen atoms in total. The molecule has 0 aromatic carbocycles. The maximum absolute atomic E-state index is 5.46. The van der Waals surface area contributed by atoms with Crippen LogP contribution in [0.15, 0.2) is 0 Å². The van der Waals surface area contributed by atoms with Gasteiger partial charge in [0.1, 0.15) is 0 Å². The summed E-state index contributed by atoms with van der Waals surface area (Å²) in [6.45, 7) is 1.01. The third kappa shape index (κ3) is 0.869. The molecule has 0 radical (unpaired) electrons. The Morgan fingerprint density at radius 3 is 3.50 bits per heavy atom. The summed E-state index contributed by atoms with van der Waals surface area (Å²) in [5.74, 6) is 1.32. The van der Waals surface area contributed by atoms with Crippen molar-refractivity contribution in [2.75, 3.05) is 12.4 Å². The summed E-state index contributed by atoms with van der Waals surface area (Å²) in [6, 6.07) is 0. The van der Waals surface area contributed by atoms with Gasteiger partial charge in [-0.05, 0) is 18.6 Å². The van der Waals surface area contributed by atoms with E-state index < -0.39 is 0 Å². The van der Waals surface area contributed by atoms with E-state index in [9.17, 15) is 0 Å². The monoisotopic (exact) mass is 130 g/mol. The van der Waals surface area contributed by atoms with Gasteiger partial charge in [0, 0.05) is 11.9 Å². The number of thioether (sulfide) groups is 1. The summed E-state index contributed by atoms with van der Waals surface area (Å²) in [4.78, 5) is 0. The molecule has 0 bridgehead atoms.